The second-order valence-electron chi connectivity index (χ2n) is 3.80. The van der Waals surface area contributed by atoms with E-state index in [1.54, 1.807) is 11.8 Å². The molecule has 0 aromatic heterocycles. The molecule has 1 saturated heterocycles. The summed E-state index contributed by atoms with van der Waals surface area (Å²) < 4.78 is 0. The zero-order valence-electron chi connectivity index (χ0n) is 8.71. The Balaban J connectivity index is 2.57. The summed E-state index contributed by atoms with van der Waals surface area (Å²) in [5.74, 6) is 0.105. The maximum Gasteiger partial charge on any atom is 0.223 e. The maximum atomic E-state index is 11.1. The molecule has 0 bridgehead atoms. The zero-order valence-corrected chi connectivity index (χ0v) is 8.71. The van der Waals surface area contributed by atoms with Gasteiger partial charge in [0.05, 0.1) is 0 Å². The van der Waals surface area contributed by atoms with Crippen LogP contribution >= 0.6 is 0 Å². The van der Waals surface area contributed by atoms with Crippen molar-refractivity contribution in [1.29, 1.82) is 0 Å². The molecule has 0 unspecified atom stereocenters. The number of hydrogen-bond donors (Lipinski definition) is 0. The van der Waals surface area contributed by atoms with Gasteiger partial charge in [-0.3, -0.25) is 9.69 Å². The van der Waals surface area contributed by atoms with Crippen LogP contribution < -0.4 is 0 Å². The SMILES string of the molecule is C=C1CN(C(C)C)CCN1C(C)=O. The lowest BCUT2D eigenvalue weighted by molar-refractivity contribution is -0.128. The van der Waals surface area contributed by atoms with Gasteiger partial charge in [-0.05, 0) is 13.8 Å². The summed E-state index contributed by atoms with van der Waals surface area (Å²) in [6.45, 7) is 12.4. The van der Waals surface area contributed by atoms with E-state index in [-0.39, 0.29) is 5.91 Å². The molecule has 3 heteroatoms. The van der Waals surface area contributed by atoms with Crippen molar-refractivity contribution >= 4 is 5.91 Å². The Morgan fingerprint density at radius 1 is 1.46 bits per heavy atom. The van der Waals surface area contributed by atoms with Gasteiger partial charge in [0.25, 0.3) is 0 Å². The summed E-state index contributed by atoms with van der Waals surface area (Å²) >= 11 is 0. The Bertz CT molecular complexity index is 223. The average Bonchev–Trinajstić information content (AvgIpc) is 2.03. The maximum absolute atomic E-state index is 11.1. The van der Waals surface area contributed by atoms with Crippen molar-refractivity contribution in [3.8, 4) is 0 Å². The van der Waals surface area contributed by atoms with Gasteiger partial charge in [-0.15, -0.1) is 0 Å². The number of piperazine rings is 1. The third kappa shape index (κ3) is 2.31. The van der Waals surface area contributed by atoms with Crippen molar-refractivity contribution in [3.05, 3.63) is 12.3 Å². The molecule has 0 radical (unpaired) electrons. The van der Waals surface area contributed by atoms with Crippen LogP contribution in [-0.2, 0) is 4.79 Å². The van der Waals surface area contributed by atoms with Crippen LogP contribution in [0.3, 0.4) is 0 Å². The molecule has 13 heavy (non-hydrogen) atoms. The second-order valence-corrected chi connectivity index (χ2v) is 3.80. The lowest BCUT2D eigenvalue weighted by atomic mass is 10.2. The Labute approximate surface area is 80.0 Å². The fraction of sp³-hybridized carbons (Fsp3) is 0.700. The van der Waals surface area contributed by atoms with E-state index < -0.39 is 0 Å². The van der Waals surface area contributed by atoms with E-state index in [1.165, 1.54) is 0 Å². The highest BCUT2D eigenvalue weighted by Crippen LogP contribution is 2.13. The van der Waals surface area contributed by atoms with Gasteiger partial charge < -0.3 is 4.90 Å². The molecule has 1 rings (SSSR count). The summed E-state index contributed by atoms with van der Waals surface area (Å²) in [5, 5.41) is 0. The Morgan fingerprint density at radius 3 is 2.46 bits per heavy atom. The van der Waals surface area contributed by atoms with Gasteiger partial charge in [-0.25, -0.2) is 0 Å². The van der Waals surface area contributed by atoms with Crippen molar-refractivity contribution in [2.75, 3.05) is 19.6 Å². The smallest absolute Gasteiger partial charge is 0.223 e. The minimum Gasteiger partial charge on any atom is -0.314 e. The Kier molecular flexibility index (Phi) is 3.09. The molecule has 0 aromatic carbocycles. The van der Waals surface area contributed by atoms with Crippen LogP contribution in [0.1, 0.15) is 20.8 Å². The van der Waals surface area contributed by atoms with Gasteiger partial charge in [0, 0.05) is 38.3 Å². The third-order valence-corrected chi connectivity index (χ3v) is 2.49. The van der Waals surface area contributed by atoms with Gasteiger partial charge in [-0.2, -0.15) is 0 Å². The number of amides is 1. The minimum absolute atomic E-state index is 0.105. The van der Waals surface area contributed by atoms with Crippen LogP contribution in [-0.4, -0.2) is 41.4 Å². The molecule has 1 aliphatic rings. The topological polar surface area (TPSA) is 23.6 Å². The van der Waals surface area contributed by atoms with Gasteiger partial charge in [-0.1, -0.05) is 6.58 Å². The first-order valence-corrected chi connectivity index (χ1v) is 4.72. The van der Waals surface area contributed by atoms with E-state index >= 15 is 0 Å². The highest BCUT2D eigenvalue weighted by molar-refractivity contribution is 5.75. The van der Waals surface area contributed by atoms with Crippen LogP contribution in [0.25, 0.3) is 0 Å². The van der Waals surface area contributed by atoms with Crippen LogP contribution in [0.2, 0.25) is 0 Å². The first-order valence-electron chi connectivity index (χ1n) is 4.72. The van der Waals surface area contributed by atoms with Crippen molar-refractivity contribution in [2.24, 2.45) is 0 Å². The predicted molar refractivity (Wildman–Crippen MR) is 53.2 cm³/mol. The molecule has 0 atom stereocenters. The van der Waals surface area contributed by atoms with Crippen LogP contribution in [0.5, 0.6) is 0 Å². The second kappa shape index (κ2) is 3.92. The number of nitrogens with zero attached hydrogens (tertiary/aromatic N) is 2. The number of rotatable bonds is 1. The molecular weight excluding hydrogens is 164 g/mol. The van der Waals surface area contributed by atoms with Crippen molar-refractivity contribution in [1.82, 2.24) is 9.80 Å². The summed E-state index contributed by atoms with van der Waals surface area (Å²) in [4.78, 5) is 15.2. The lowest BCUT2D eigenvalue weighted by Gasteiger charge is -2.37. The van der Waals surface area contributed by atoms with E-state index in [9.17, 15) is 4.79 Å². The van der Waals surface area contributed by atoms with Gasteiger partial charge in [0.1, 0.15) is 0 Å². The molecule has 0 saturated carbocycles. The highest BCUT2D eigenvalue weighted by atomic mass is 16.2. The Morgan fingerprint density at radius 2 is 2.08 bits per heavy atom. The molecule has 1 fully saturated rings. The number of carbonyl (C=O) groups excluding carboxylic acids is 1. The van der Waals surface area contributed by atoms with Gasteiger partial charge in [0.15, 0.2) is 0 Å². The monoisotopic (exact) mass is 182 g/mol. The summed E-state index contributed by atoms with van der Waals surface area (Å²) in [7, 11) is 0. The molecule has 0 spiro atoms. The fourth-order valence-corrected chi connectivity index (χ4v) is 1.61. The van der Waals surface area contributed by atoms with Crippen LogP contribution in [0.15, 0.2) is 12.3 Å². The number of carbonyl (C=O) groups is 1. The van der Waals surface area contributed by atoms with E-state index in [0.717, 1.165) is 25.3 Å². The highest BCUT2D eigenvalue weighted by Gasteiger charge is 2.23. The third-order valence-electron chi connectivity index (χ3n) is 2.49. The minimum atomic E-state index is 0.105. The first-order chi connectivity index (χ1) is 6.02. The summed E-state index contributed by atoms with van der Waals surface area (Å²) in [6, 6.07) is 0.533. The normalized spacial score (nSPS) is 19.7. The molecular formula is C10H18N2O. The predicted octanol–water partition coefficient (Wildman–Crippen LogP) is 1.07. The van der Waals surface area contributed by atoms with Crippen LogP contribution in [0.4, 0.5) is 0 Å². The first kappa shape index (κ1) is 10.3. The van der Waals surface area contributed by atoms with Crippen molar-refractivity contribution in [3.63, 3.8) is 0 Å². The zero-order chi connectivity index (χ0) is 10.0. The quantitative estimate of drug-likeness (QED) is 0.605. The summed E-state index contributed by atoms with van der Waals surface area (Å²) in [5.41, 5.74) is 0.924. The van der Waals surface area contributed by atoms with E-state index in [0.29, 0.717) is 6.04 Å². The molecule has 0 N–H and O–H groups in total. The number of hydrogen-bond acceptors (Lipinski definition) is 2. The summed E-state index contributed by atoms with van der Waals surface area (Å²) in [6.07, 6.45) is 0. The molecule has 3 nitrogen and oxygen atoms in total. The molecule has 0 aliphatic carbocycles. The molecule has 74 valence electrons. The standard InChI is InChI=1S/C10H18N2O/c1-8(2)11-5-6-12(10(4)13)9(3)7-11/h8H,3,5-7H2,1-2,4H3. The van der Waals surface area contributed by atoms with Gasteiger partial charge in [0.2, 0.25) is 5.91 Å². The molecule has 1 heterocycles. The van der Waals surface area contributed by atoms with Gasteiger partial charge >= 0.3 is 0 Å². The molecule has 1 aliphatic heterocycles. The fourth-order valence-electron chi connectivity index (χ4n) is 1.61. The van der Waals surface area contributed by atoms with Crippen molar-refractivity contribution in [2.45, 2.75) is 26.8 Å². The van der Waals surface area contributed by atoms with Crippen LogP contribution in [0, 0.1) is 0 Å². The largest absolute Gasteiger partial charge is 0.314 e. The Hall–Kier alpha value is -0.830. The van der Waals surface area contributed by atoms with E-state index in [2.05, 4.69) is 25.3 Å². The van der Waals surface area contributed by atoms with Crippen molar-refractivity contribution < 1.29 is 4.79 Å². The van der Waals surface area contributed by atoms with E-state index in [1.807, 2.05) is 0 Å². The van der Waals surface area contributed by atoms with E-state index in [4.69, 9.17) is 0 Å². The average molecular weight is 182 g/mol. The molecule has 1 amide bonds. The lowest BCUT2D eigenvalue weighted by Crippen LogP contribution is -2.48. The molecule has 0 aromatic rings.